The van der Waals surface area contributed by atoms with E-state index in [1.165, 1.54) is 0 Å². The van der Waals surface area contributed by atoms with Crippen molar-refractivity contribution in [1.29, 1.82) is 0 Å². The largest absolute Gasteiger partial charge is 0.294 e. The van der Waals surface area contributed by atoms with E-state index >= 15 is 0 Å². The molecule has 0 bridgehead atoms. The Hall–Kier alpha value is -1.49. The van der Waals surface area contributed by atoms with Gasteiger partial charge in [-0.3, -0.25) is 4.79 Å². The number of aryl methyl sites for hydroxylation is 1. The number of hydrogen-bond donors (Lipinski definition) is 0. The average molecular weight is 292 g/mol. The lowest BCUT2D eigenvalue weighted by Gasteiger charge is -2.07. The average Bonchev–Trinajstić information content (AvgIpc) is 2.84. The van der Waals surface area contributed by atoms with Gasteiger partial charge >= 0.3 is 0 Å². The van der Waals surface area contributed by atoms with Crippen LogP contribution in [0.2, 0.25) is 0 Å². The molecule has 0 fully saturated rings. The van der Waals surface area contributed by atoms with Crippen molar-refractivity contribution in [1.82, 2.24) is 15.0 Å². The van der Waals surface area contributed by atoms with E-state index in [4.69, 9.17) is 0 Å². The standard InChI is InChI=1S/C12H10BrN3O/c1-16-11(12(13)14-15-16)9-4-2-3-8-7(9)5-6-10(8)17/h2-4H,5-6H2,1H3. The van der Waals surface area contributed by atoms with Crippen molar-refractivity contribution < 1.29 is 4.79 Å². The minimum Gasteiger partial charge on any atom is -0.294 e. The van der Waals surface area contributed by atoms with Gasteiger partial charge in [-0.2, -0.15) is 0 Å². The number of carbonyl (C=O) groups excluding carboxylic acids is 1. The monoisotopic (exact) mass is 291 g/mol. The molecule has 0 atom stereocenters. The van der Waals surface area contributed by atoms with Crippen LogP contribution in [-0.4, -0.2) is 20.8 Å². The first kappa shape index (κ1) is 10.7. The molecule has 0 amide bonds. The first-order valence-corrected chi connectivity index (χ1v) is 6.18. The van der Waals surface area contributed by atoms with Gasteiger partial charge in [-0.1, -0.05) is 23.4 Å². The van der Waals surface area contributed by atoms with Crippen molar-refractivity contribution in [2.45, 2.75) is 12.8 Å². The van der Waals surface area contributed by atoms with E-state index in [1.54, 1.807) is 4.68 Å². The van der Waals surface area contributed by atoms with E-state index < -0.39 is 0 Å². The highest BCUT2D eigenvalue weighted by Crippen LogP contribution is 2.34. The van der Waals surface area contributed by atoms with Gasteiger partial charge in [0.1, 0.15) is 5.69 Å². The number of halogens is 1. The van der Waals surface area contributed by atoms with Crippen molar-refractivity contribution in [3.8, 4) is 11.3 Å². The Kier molecular flexibility index (Phi) is 2.36. The van der Waals surface area contributed by atoms with Crippen LogP contribution in [0.25, 0.3) is 11.3 Å². The Morgan fingerprint density at radius 1 is 1.29 bits per heavy atom. The van der Waals surface area contributed by atoms with Gasteiger partial charge in [-0.15, -0.1) is 5.10 Å². The van der Waals surface area contributed by atoms with Crippen LogP contribution in [-0.2, 0) is 13.5 Å². The summed E-state index contributed by atoms with van der Waals surface area (Å²) >= 11 is 3.40. The number of carbonyl (C=O) groups is 1. The topological polar surface area (TPSA) is 47.8 Å². The molecule has 0 aliphatic heterocycles. The van der Waals surface area contributed by atoms with E-state index in [9.17, 15) is 4.79 Å². The van der Waals surface area contributed by atoms with E-state index in [0.717, 1.165) is 28.8 Å². The molecule has 1 aliphatic rings. The first-order valence-electron chi connectivity index (χ1n) is 5.39. The summed E-state index contributed by atoms with van der Waals surface area (Å²) < 4.78 is 2.44. The van der Waals surface area contributed by atoms with Crippen LogP contribution < -0.4 is 0 Å². The van der Waals surface area contributed by atoms with Crippen LogP contribution >= 0.6 is 15.9 Å². The number of benzene rings is 1. The molecule has 17 heavy (non-hydrogen) atoms. The molecule has 2 aromatic rings. The Morgan fingerprint density at radius 2 is 2.06 bits per heavy atom. The van der Waals surface area contributed by atoms with Crippen LogP contribution in [0, 0.1) is 0 Å². The summed E-state index contributed by atoms with van der Waals surface area (Å²) in [5.41, 5.74) is 3.93. The zero-order chi connectivity index (χ0) is 12.0. The minimum atomic E-state index is 0.230. The van der Waals surface area contributed by atoms with Gasteiger partial charge in [-0.05, 0) is 27.9 Å². The van der Waals surface area contributed by atoms with Crippen LogP contribution in [0.4, 0.5) is 0 Å². The fourth-order valence-corrected chi connectivity index (χ4v) is 2.87. The smallest absolute Gasteiger partial charge is 0.163 e. The third-order valence-corrected chi connectivity index (χ3v) is 3.65. The molecule has 0 saturated heterocycles. The predicted octanol–water partition coefficient (Wildman–Crippen LogP) is 2.37. The number of hydrogen-bond acceptors (Lipinski definition) is 3. The fraction of sp³-hybridized carbons (Fsp3) is 0.250. The number of Topliss-reactive ketones (excluding diaryl/α,β-unsaturated/α-hetero) is 1. The maximum absolute atomic E-state index is 11.7. The highest BCUT2D eigenvalue weighted by molar-refractivity contribution is 9.10. The predicted molar refractivity (Wildman–Crippen MR) is 66.8 cm³/mol. The molecule has 4 nitrogen and oxygen atoms in total. The summed E-state index contributed by atoms with van der Waals surface area (Å²) in [4.78, 5) is 11.7. The molecule has 1 aliphatic carbocycles. The Bertz CT molecular complexity index is 599. The second-order valence-corrected chi connectivity index (χ2v) is 4.86. The number of nitrogens with zero attached hydrogens (tertiary/aromatic N) is 3. The van der Waals surface area contributed by atoms with Crippen molar-refractivity contribution in [2.75, 3.05) is 0 Å². The number of fused-ring (bicyclic) bond motifs is 1. The van der Waals surface area contributed by atoms with Crippen LogP contribution in [0.15, 0.2) is 22.8 Å². The second kappa shape index (κ2) is 3.77. The Labute approximate surface area is 107 Å². The molecule has 1 aromatic carbocycles. The summed E-state index contributed by atoms with van der Waals surface area (Å²) in [7, 11) is 1.85. The molecular formula is C12H10BrN3O. The lowest BCUT2D eigenvalue weighted by atomic mass is 10.0. The third-order valence-electron chi connectivity index (χ3n) is 3.12. The van der Waals surface area contributed by atoms with E-state index in [0.29, 0.717) is 11.0 Å². The van der Waals surface area contributed by atoms with Crippen LogP contribution in [0.1, 0.15) is 22.3 Å². The van der Waals surface area contributed by atoms with Crippen LogP contribution in [0.3, 0.4) is 0 Å². The van der Waals surface area contributed by atoms with Crippen LogP contribution in [0.5, 0.6) is 0 Å². The van der Waals surface area contributed by atoms with Gasteiger partial charge in [0.2, 0.25) is 0 Å². The van der Waals surface area contributed by atoms with E-state index in [1.807, 2.05) is 25.2 Å². The van der Waals surface area contributed by atoms with Crippen molar-refractivity contribution in [3.05, 3.63) is 33.9 Å². The van der Waals surface area contributed by atoms with Crippen molar-refractivity contribution in [2.24, 2.45) is 7.05 Å². The Balaban J connectivity index is 2.27. The molecule has 1 aromatic heterocycles. The molecule has 0 unspecified atom stereocenters. The zero-order valence-corrected chi connectivity index (χ0v) is 10.9. The number of ketones is 1. The third kappa shape index (κ3) is 1.53. The first-order chi connectivity index (χ1) is 8.18. The summed E-state index contributed by atoms with van der Waals surface area (Å²) in [6.45, 7) is 0. The molecule has 0 radical (unpaired) electrons. The molecular weight excluding hydrogens is 282 g/mol. The lowest BCUT2D eigenvalue weighted by molar-refractivity contribution is 0.0994. The number of rotatable bonds is 1. The fourth-order valence-electron chi connectivity index (χ4n) is 2.33. The molecule has 0 saturated carbocycles. The van der Waals surface area contributed by atoms with Crippen molar-refractivity contribution in [3.63, 3.8) is 0 Å². The highest BCUT2D eigenvalue weighted by Gasteiger charge is 2.24. The quantitative estimate of drug-likeness (QED) is 0.810. The van der Waals surface area contributed by atoms with E-state index in [-0.39, 0.29) is 5.78 Å². The zero-order valence-electron chi connectivity index (χ0n) is 9.27. The SMILES string of the molecule is Cn1nnc(Br)c1-c1cccc2c1CCC2=O. The maximum Gasteiger partial charge on any atom is 0.163 e. The summed E-state index contributed by atoms with van der Waals surface area (Å²) in [5.74, 6) is 0.230. The Morgan fingerprint density at radius 3 is 2.76 bits per heavy atom. The van der Waals surface area contributed by atoms with Gasteiger partial charge in [0.05, 0.1) is 0 Å². The second-order valence-electron chi connectivity index (χ2n) is 4.11. The normalized spacial score (nSPS) is 14.1. The minimum absolute atomic E-state index is 0.230. The summed E-state index contributed by atoms with van der Waals surface area (Å²) in [5, 5.41) is 7.95. The summed E-state index contributed by atoms with van der Waals surface area (Å²) in [6.07, 6.45) is 1.41. The van der Waals surface area contributed by atoms with Gasteiger partial charge in [0.25, 0.3) is 0 Å². The van der Waals surface area contributed by atoms with E-state index in [2.05, 4.69) is 26.2 Å². The van der Waals surface area contributed by atoms with Crippen molar-refractivity contribution >= 4 is 21.7 Å². The molecule has 1 heterocycles. The molecule has 86 valence electrons. The highest BCUT2D eigenvalue weighted by atomic mass is 79.9. The molecule has 0 N–H and O–H groups in total. The van der Waals surface area contributed by atoms with Gasteiger partial charge in [-0.25, -0.2) is 4.68 Å². The molecule has 3 rings (SSSR count). The van der Waals surface area contributed by atoms with Gasteiger partial charge < -0.3 is 0 Å². The maximum atomic E-state index is 11.7. The van der Waals surface area contributed by atoms with Gasteiger partial charge in [0, 0.05) is 24.6 Å². The number of aromatic nitrogens is 3. The molecule has 0 spiro atoms. The van der Waals surface area contributed by atoms with Gasteiger partial charge in [0.15, 0.2) is 10.4 Å². The summed E-state index contributed by atoms with van der Waals surface area (Å²) in [6, 6.07) is 5.82. The molecule has 5 heteroatoms. The lowest BCUT2D eigenvalue weighted by Crippen LogP contribution is -1.98.